The van der Waals surface area contributed by atoms with Crippen molar-refractivity contribution < 1.29 is 13.2 Å². The first-order valence-electron chi connectivity index (χ1n) is 5.85. The normalized spacial score (nSPS) is 11.3. The number of nitrogens with zero attached hydrogens (tertiary/aromatic N) is 2. The van der Waals surface area contributed by atoms with Gasteiger partial charge >= 0.3 is 6.18 Å². The monoisotopic (exact) mass is 298 g/mol. The molecule has 6 nitrogen and oxygen atoms in total. The van der Waals surface area contributed by atoms with Crippen LogP contribution < -0.4 is 22.3 Å². The van der Waals surface area contributed by atoms with Crippen LogP contribution in [0.25, 0.3) is 0 Å². The molecule has 0 fully saturated rings. The molecule has 0 radical (unpaired) electrons. The van der Waals surface area contributed by atoms with Crippen LogP contribution in [0.4, 0.5) is 36.4 Å². The Morgan fingerprint density at radius 2 is 1.76 bits per heavy atom. The van der Waals surface area contributed by atoms with Gasteiger partial charge in [0.25, 0.3) is 0 Å². The fourth-order valence-electron chi connectivity index (χ4n) is 1.67. The lowest BCUT2D eigenvalue weighted by molar-refractivity contribution is -0.137. The topological polar surface area (TPSA) is 102 Å². The van der Waals surface area contributed by atoms with Crippen LogP contribution in [0.1, 0.15) is 11.1 Å². The summed E-state index contributed by atoms with van der Waals surface area (Å²) in [5.41, 5.74) is 7.92. The number of nitrogens with two attached hydrogens (primary N) is 2. The highest BCUT2D eigenvalue weighted by Gasteiger charge is 2.30. The molecule has 1 aromatic heterocycles. The Bertz CT molecular complexity index is 656. The standard InChI is InChI=1S/C12H13F3N6/c1-6-2-3-7(12(13,14)15)4-8(6)18-9-5-10(21-17)20-11(16)19-9/h2-5H,17H2,1H3,(H4,16,18,19,20,21). The Morgan fingerprint density at radius 1 is 1.10 bits per heavy atom. The molecule has 0 aliphatic carbocycles. The number of hydrogen-bond donors (Lipinski definition) is 4. The molecule has 112 valence electrons. The van der Waals surface area contributed by atoms with Gasteiger partial charge in [-0.1, -0.05) is 6.07 Å². The predicted molar refractivity (Wildman–Crippen MR) is 73.7 cm³/mol. The van der Waals surface area contributed by atoms with Crippen molar-refractivity contribution in [3.63, 3.8) is 0 Å². The van der Waals surface area contributed by atoms with Crippen LogP contribution in [0, 0.1) is 6.92 Å². The predicted octanol–water partition coefficient (Wildman–Crippen LogP) is 2.42. The third kappa shape index (κ3) is 3.51. The van der Waals surface area contributed by atoms with Crippen molar-refractivity contribution in [1.29, 1.82) is 0 Å². The number of benzene rings is 1. The second kappa shape index (κ2) is 5.44. The van der Waals surface area contributed by atoms with Gasteiger partial charge in [0.05, 0.1) is 5.56 Å². The molecule has 0 bridgehead atoms. The molecule has 2 aromatic rings. The molecular formula is C12H13F3N6. The van der Waals surface area contributed by atoms with E-state index in [1.54, 1.807) is 6.92 Å². The maximum absolute atomic E-state index is 12.7. The molecule has 0 atom stereocenters. The van der Waals surface area contributed by atoms with Gasteiger partial charge < -0.3 is 16.5 Å². The van der Waals surface area contributed by atoms with E-state index in [9.17, 15) is 13.2 Å². The number of aromatic nitrogens is 2. The van der Waals surface area contributed by atoms with E-state index in [0.29, 0.717) is 5.56 Å². The second-order valence-electron chi connectivity index (χ2n) is 4.29. The van der Waals surface area contributed by atoms with Crippen LogP contribution in [0.3, 0.4) is 0 Å². The van der Waals surface area contributed by atoms with Crippen molar-refractivity contribution in [1.82, 2.24) is 9.97 Å². The number of nitrogen functional groups attached to an aromatic ring is 2. The summed E-state index contributed by atoms with van der Waals surface area (Å²) in [5, 5.41) is 2.77. The number of halogens is 3. The smallest absolute Gasteiger partial charge is 0.368 e. The summed E-state index contributed by atoms with van der Waals surface area (Å²) in [5.74, 6) is 5.64. The summed E-state index contributed by atoms with van der Waals surface area (Å²) in [7, 11) is 0. The van der Waals surface area contributed by atoms with E-state index in [2.05, 4.69) is 20.7 Å². The quantitative estimate of drug-likeness (QED) is 0.513. The first-order chi connectivity index (χ1) is 9.79. The van der Waals surface area contributed by atoms with Gasteiger partial charge in [-0.2, -0.15) is 23.1 Å². The van der Waals surface area contributed by atoms with Gasteiger partial charge in [0.2, 0.25) is 5.95 Å². The SMILES string of the molecule is Cc1ccc(C(F)(F)F)cc1Nc1cc(NN)nc(N)n1. The fraction of sp³-hybridized carbons (Fsp3) is 0.167. The Morgan fingerprint density at radius 3 is 2.38 bits per heavy atom. The molecule has 0 saturated heterocycles. The maximum Gasteiger partial charge on any atom is 0.416 e. The van der Waals surface area contributed by atoms with E-state index in [4.69, 9.17) is 11.6 Å². The first kappa shape index (κ1) is 14.9. The number of hydrazine groups is 1. The molecule has 0 aliphatic rings. The number of anilines is 4. The van der Waals surface area contributed by atoms with Crippen LogP contribution in [0.15, 0.2) is 24.3 Å². The lowest BCUT2D eigenvalue weighted by atomic mass is 10.1. The van der Waals surface area contributed by atoms with E-state index < -0.39 is 11.7 Å². The van der Waals surface area contributed by atoms with E-state index >= 15 is 0 Å². The van der Waals surface area contributed by atoms with Gasteiger partial charge in [0.1, 0.15) is 11.6 Å². The third-order valence-electron chi connectivity index (χ3n) is 2.72. The Hall–Kier alpha value is -2.55. The van der Waals surface area contributed by atoms with E-state index in [-0.39, 0.29) is 23.3 Å². The molecule has 6 N–H and O–H groups in total. The van der Waals surface area contributed by atoms with Crippen molar-refractivity contribution in [2.24, 2.45) is 5.84 Å². The van der Waals surface area contributed by atoms with Crippen molar-refractivity contribution in [3.8, 4) is 0 Å². The molecule has 1 heterocycles. The first-order valence-corrected chi connectivity index (χ1v) is 5.85. The third-order valence-corrected chi connectivity index (χ3v) is 2.72. The Balaban J connectivity index is 2.37. The number of aryl methyl sites for hydroxylation is 1. The van der Waals surface area contributed by atoms with Crippen molar-refractivity contribution in [3.05, 3.63) is 35.4 Å². The average Bonchev–Trinajstić information content (AvgIpc) is 2.39. The van der Waals surface area contributed by atoms with Gasteiger partial charge in [-0.25, -0.2) is 5.84 Å². The summed E-state index contributed by atoms with van der Waals surface area (Å²) in [6.45, 7) is 1.68. The molecule has 21 heavy (non-hydrogen) atoms. The lowest BCUT2D eigenvalue weighted by Crippen LogP contribution is -2.11. The lowest BCUT2D eigenvalue weighted by Gasteiger charge is -2.13. The molecule has 0 spiro atoms. The zero-order chi connectivity index (χ0) is 15.6. The van der Waals surface area contributed by atoms with Crippen molar-refractivity contribution in [2.45, 2.75) is 13.1 Å². The minimum Gasteiger partial charge on any atom is -0.368 e. The van der Waals surface area contributed by atoms with Crippen LogP contribution in [0.5, 0.6) is 0 Å². The van der Waals surface area contributed by atoms with Crippen LogP contribution in [0.2, 0.25) is 0 Å². The van der Waals surface area contributed by atoms with E-state index in [1.165, 1.54) is 12.1 Å². The zero-order valence-electron chi connectivity index (χ0n) is 11.0. The summed E-state index contributed by atoms with van der Waals surface area (Å²) < 4.78 is 38.2. The molecule has 0 amide bonds. The van der Waals surface area contributed by atoms with Crippen LogP contribution in [-0.4, -0.2) is 9.97 Å². The molecule has 2 rings (SSSR count). The van der Waals surface area contributed by atoms with Crippen molar-refractivity contribution >= 4 is 23.3 Å². The van der Waals surface area contributed by atoms with Crippen LogP contribution >= 0.6 is 0 Å². The van der Waals surface area contributed by atoms with Gasteiger partial charge in [-0.15, -0.1) is 0 Å². The average molecular weight is 298 g/mol. The zero-order valence-corrected chi connectivity index (χ0v) is 11.0. The van der Waals surface area contributed by atoms with Crippen molar-refractivity contribution in [2.75, 3.05) is 16.5 Å². The number of alkyl halides is 3. The minimum atomic E-state index is -4.42. The summed E-state index contributed by atoms with van der Waals surface area (Å²) in [6, 6.07) is 4.82. The van der Waals surface area contributed by atoms with Gasteiger partial charge in [-0.3, -0.25) is 0 Å². The summed E-state index contributed by atoms with van der Waals surface area (Å²) in [4.78, 5) is 7.67. The Kier molecular flexibility index (Phi) is 3.85. The maximum atomic E-state index is 12.7. The fourth-order valence-corrected chi connectivity index (χ4v) is 1.67. The highest BCUT2D eigenvalue weighted by atomic mass is 19.4. The highest BCUT2D eigenvalue weighted by Crippen LogP contribution is 2.33. The second-order valence-corrected chi connectivity index (χ2v) is 4.29. The molecule has 1 aromatic carbocycles. The highest BCUT2D eigenvalue weighted by molar-refractivity contribution is 5.64. The number of nitrogens with one attached hydrogen (secondary N) is 2. The van der Waals surface area contributed by atoms with E-state index in [0.717, 1.165) is 12.1 Å². The van der Waals surface area contributed by atoms with Crippen LogP contribution in [-0.2, 0) is 6.18 Å². The molecule has 0 saturated carbocycles. The Labute approximate surface area is 118 Å². The summed E-state index contributed by atoms with van der Waals surface area (Å²) in [6.07, 6.45) is -4.42. The summed E-state index contributed by atoms with van der Waals surface area (Å²) >= 11 is 0. The molecule has 0 aliphatic heterocycles. The number of hydrogen-bond acceptors (Lipinski definition) is 6. The molecule has 0 unspecified atom stereocenters. The van der Waals surface area contributed by atoms with Gasteiger partial charge in [0.15, 0.2) is 0 Å². The van der Waals surface area contributed by atoms with Gasteiger partial charge in [0, 0.05) is 11.8 Å². The molecular weight excluding hydrogens is 285 g/mol. The minimum absolute atomic E-state index is 0.0578. The molecule has 9 heteroatoms. The van der Waals surface area contributed by atoms with E-state index in [1.807, 2.05) is 0 Å². The number of rotatable bonds is 3. The van der Waals surface area contributed by atoms with Gasteiger partial charge in [-0.05, 0) is 24.6 Å². The largest absolute Gasteiger partial charge is 0.416 e.